The van der Waals surface area contributed by atoms with Crippen LogP contribution in [0.3, 0.4) is 0 Å². The number of hydrogen-bond donors (Lipinski definition) is 1. The molecule has 0 spiro atoms. The molecule has 2 aromatic rings. The summed E-state index contributed by atoms with van der Waals surface area (Å²) in [5.74, 6) is 0.0506. The molecule has 0 saturated carbocycles. The Kier molecular flexibility index (Phi) is 4.55. The summed E-state index contributed by atoms with van der Waals surface area (Å²) in [7, 11) is 0. The zero-order valence-electron chi connectivity index (χ0n) is 12.8. The molecular formula is C15H18N4O3. The van der Waals surface area contributed by atoms with Crippen molar-refractivity contribution in [2.45, 2.75) is 33.9 Å². The maximum atomic E-state index is 12.3. The number of aromatic hydroxyl groups is 1. The smallest absolute Gasteiger partial charge is 0.333 e. The van der Waals surface area contributed by atoms with Gasteiger partial charge in [-0.3, -0.25) is 13.9 Å². The molecule has 2 aromatic heterocycles. The first kappa shape index (κ1) is 15.7. The largest absolute Gasteiger partial charge is 0.494 e. The molecule has 0 aromatic carbocycles. The molecule has 0 saturated heterocycles. The van der Waals surface area contributed by atoms with Gasteiger partial charge in [-0.15, -0.1) is 0 Å². The summed E-state index contributed by atoms with van der Waals surface area (Å²) in [4.78, 5) is 32.6. The van der Waals surface area contributed by atoms with Crippen LogP contribution < -0.4 is 11.2 Å². The highest BCUT2D eigenvalue weighted by atomic mass is 16.3. The monoisotopic (exact) mass is 302 g/mol. The van der Waals surface area contributed by atoms with E-state index in [0.717, 1.165) is 14.8 Å². The van der Waals surface area contributed by atoms with Crippen LogP contribution in [-0.4, -0.2) is 25.4 Å². The van der Waals surface area contributed by atoms with E-state index in [9.17, 15) is 14.7 Å². The van der Waals surface area contributed by atoms with Gasteiger partial charge in [0, 0.05) is 25.0 Å². The zero-order chi connectivity index (χ0) is 16.3. The van der Waals surface area contributed by atoms with E-state index in [-0.39, 0.29) is 24.5 Å². The molecule has 7 heteroatoms. The highest BCUT2D eigenvalue weighted by Crippen LogP contribution is 2.11. The van der Waals surface area contributed by atoms with Gasteiger partial charge in [0.2, 0.25) is 5.88 Å². The molecule has 116 valence electrons. The second-order valence-electron chi connectivity index (χ2n) is 4.71. The van der Waals surface area contributed by atoms with E-state index in [1.807, 2.05) is 13.0 Å². The lowest BCUT2D eigenvalue weighted by Crippen LogP contribution is -2.41. The van der Waals surface area contributed by atoms with E-state index < -0.39 is 11.2 Å². The van der Waals surface area contributed by atoms with Crippen LogP contribution in [0.15, 0.2) is 32.8 Å². The molecule has 0 atom stereocenters. The SMILES string of the molecule is CCn1c(O)c(/C=N/c2cccc(C)n2)c(=O)n(CC)c1=O. The van der Waals surface area contributed by atoms with Crippen LogP contribution in [0.25, 0.3) is 0 Å². The third kappa shape index (κ3) is 2.83. The normalized spacial score (nSPS) is 11.2. The minimum atomic E-state index is -0.564. The maximum Gasteiger partial charge on any atom is 0.333 e. The number of aryl methyl sites for hydroxylation is 1. The van der Waals surface area contributed by atoms with E-state index in [0.29, 0.717) is 5.82 Å². The molecule has 0 radical (unpaired) electrons. The summed E-state index contributed by atoms with van der Waals surface area (Å²) >= 11 is 0. The van der Waals surface area contributed by atoms with E-state index >= 15 is 0 Å². The van der Waals surface area contributed by atoms with Crippen molar-refractivity contribution in [3.8, 4) is 5.88 Å². The lowest BCUT2D eigenvalue weighted by molar-refractivity contribution is 0.394. The number of rotatable bonds is 4. The Morgan fingerprint density at radius 2 is 1.91 bits per heavy atom. The topological polar surface area (TPSA) is 89.5 Å². The van der Waals surface area contributed by atoms with Crippen molar-refractivity contribution in [1.82, 2.24) is 14.1 Å². The molecule has 1 N–H and O–H groups in total. The first-order valence-electron chi connectivity index (χ1n) is 7.03. The average molecular weight is 302 g/mol. The average Bonchev–Trinajstić information content (AvgIpc) is 2.48. The Hall–Kier alpha value is -2.70. The minimum absolute atomic E-state index is 0.0217. The number of nitrogens with zero attached hydrogens (tertiary/aromatic N) is 4. The van der Waals surface area contributed by atoms with Crippen LogP contribution in [0.5, 0.6) is 5.88 Å². The molecule has 22 heavy (non-hydrogen) atoms. The summed E-state index contributed by atoms with van der Waals surface area (Å²) < 4.78 is 2.20. The van der Waals surface area contributed by atoms with Gasteiger partial charge in [0.05, 0.1) is 0 Å². The van der Waals surface area contributed by atoms with E-state index in [2.05, 4.69) is 9.98 Å². The van der Waals surface area contributed by atoms with Crippen molar-refractivity contribution >= 4 is 12.0 Å². The van der Waals surface area contributed by atoms with E-state index in [1.54, 1.807) is 26.0 Å². The molecule has 0 aliphatic heterocycles. The van der Waals surface area contributed by atoms with Crippen LogP contribution in [0, 0.1) is 6.92 Å². The predicted octanol–water partition coefficient (Wildman–Crippen LogP) is 1.21. The minimum Gasteiger partial charge on any atom is -0.494 e. The molecule has 0 unspecified atom stereocenters. The van der Waals surface area contributed by atoms with Crippen LogP contribution in [0.2, 0.25) is 0 Å². The van der Waals surface area contributed by atoms with Crippen molar-refractivity contribution in [3.05, 3.63) is 50.3 Å². The van der Waals surface area contributed by atoms with E-state index in [4.69, 9.17) is 0 Å². The Labute approximate surface area is 127 Å². The number of aromatic nitrogens is 3. The standard InChI is InChI=1S/C15H18N4O3/c1-4-18-13(20)11(14(21)19(5-2)15(18)22)9-16-12-8-6-7-10(3)17-12/h6-9,20H,4-5H2,1-3H3/b16-9+. The Morgan fingerprint density at radius 3 is 2.50 bits per heavy atom. The van der Waals surface area contributed by atoms with Crippen LogP contribution in [0.4, 0.5) is 5.82 Å². The Morgan fingerprint density at radius 1 is 1.23 bits per heavy atom. The number of aliphatic imine (C=N–C) groups is 1. The fraction of sp³-hybridized carbons (Fsp3) is 0.333. The number of hydrogen-bond acceptors (Lipinski definition) is 5. The third-order valence-corrected chi connectivity index (χ3v) is 3.27. The highest BCUT2D eigenvalue weighted by molar-refractivity contribution is 5.83. The number of pyridine rings is 1. The fourth-order valence-electron chi connectivity index (χ4n) is 2.12. The molecule has 0 amide bonds. The van der Waals surface area contributed by atoms with Gasteiger partial charge in [-0.2, -0.15) is 0 Å². The third-order valence-electron chi connectivity index (χ3n) is 3.27. The molecule has 2 rings (SSSR count). The quantitative estimate of drug-likeness (QED) is 0.860. The molecule has 7 nitrogen and oxygen atoms in total. The Bertz CT molecular complexity index is 834. The molecular weight excluding hydrogens is 284 g/mol. The van der Waals surface area contributed by atoms with Gasteiger partial charge < -0.3 is 5.11 Å². The predicted molar refractivity (Wildman–Crippen MR) is 84.2 cm³/mol. The van der Waals surface area contributed by atoms with Crippen molar-refractivity contribution in [1.29, 1.82) is 0 Å². The van der Waals surface area contributed by atoms with Gasteiger partial charge >= 0.3 is 5.69 Å². The van der Waals surface area contributed by atoms with Crippen LogP contribution >= 0.6 is 0 Å². The molecule has 0 bridgehead atoms. The summed E-state index contributed by atoms with van der Waals surface area (Å²) in [5, 5.41) is 10.1. The summed E-state index contributed by atoms with van der Waals surface area (Å²) in [6.45, 7) is 5.73. The summed E-state index contributed by atoms with van der Waals surface area (Å²) in [6.07, 6.45) is 1.25. The second-order valence-corrected chi connectivity index (χ2v) is 4.71. The van der Waals surface area contributed by atoms with E-state index in [1.165, 1.54) is 6.21 Å². The van der Waals surface area contributed by atoms with Gasteiger partial charge in [0.25, 0.3) is 5.56 Å². The van der Waals surface area contributed by atoms with Crippen molar-refractivity contribution in [2.24, 2.45) is 4.99 Å². The van der Waals surface area contributed by atoms with Gasteiger partial charge in [0.1, 0.15) is 5.56 Å². The molecule has 0 aliphatic carbocycles. The first-order valence-corrected chi connectivity index (χ1v) is 7.03. The van der Waals surface area contributed by atoms with Crippen molar-refractivity contribution < 1.29 is 5.11 Å². The van der Waals surface area contributed by atoms with Crippen molar-refractivity contribution in [3.63, 3.8) is 0 Å². The summed E-state index contributed by atoms with van der Waals surface area (Å²) in [6, 6.07) is 5.32. The van der Waals surface area contributed by atoms with Gasteiger partial charge in [0.15, 0.2) is 5.82 Å². The molecule has 0 fully saturated rings. The Balaban J connectivity index is 2.60. The van der Waals surface area contributed by atoms with Gasteiger partial charge in [-0.1, -0.05) is 6.07 Å². The van der Waals surface area contributed by atoms with Gasteiger partial charge in [-0.25, -0.2) is 14.8 Å². The highest BCUT2D eigenvalue weighted by Gasteiger charge is 2.15. The maximum absolute atomic E-state index is 12.3. The van der Waals surface area contributed by atoms with Gasteiger partial charge in [-0.05, 0) is 32.9 Å². The first-order chi connectivity index (χ1) is 10.5. The zero-order valence-corrected chi connectivity index (χ0v) is 12.8. The molecule has 2 heterocycles. The van der Waals surface area contributed by atoms with Crippen LogP contribution in [0.1, 0.15) is 25.1 Å². The lowest BCUT2D eigenvalue weighted by atomic mass is 10.3. The fourth-order valence-corrected chi connectivity index (χ4v) is 2.12. The lowest BCUT2D eigenvalue weighted by Gasteiger charge is -2.11. The van der Waals surface area contributed by atoms with Crippen molar-refractivity contribution in [2.75, 3.05) is 0 Å². The summed E-state index contributed by atoms with van der Waals surface area (Å²) in [5.41, 5.74) is -0.320. The second kappa shape index (κ2) is 6.38. The molecule has 0 aliphatic rings. The van der Waals surface area contributed by atoms with Crippen LogP contribution in [-0.2, 0) is 13.1 Å².